The van der Waals surface area contributed by atoms with Crippen LogP contribution in [0.3, 0.4) is 0 Å². The highest BCUT2D eigenvalue weighted by Crippen LogP contribution is 2.40. The Morgan fingerprint density at radius 3 is 2.83 bits per heavy atom. The zero-order valence-electron chi connectivity index (χ0n) is 20.8. The van der Waals surface area contributed by atoms with Crippen LogP contribution in [0.15, 0.2) is 28.8 Å². The Bertz CT molecular complexity index is 1140. The Morgan fingerprint density at radius 1 is 1.29 bits per heavy atom. The first-order chi connectivity index (χ1) is 16.7. The molecule has 1 fully saturated rings. The Morgan fingerprint density at radius 2 is 2.06 bits per heavy atom. The van der Waals surface area contributed by atoms with Gasteiger partial charge >= 0.3 is 0 Å². The van der Waals surface area contributed by atoms with Gasteiger partial charge < -0.3 is 16.0 Å². The SMILES string of the molecule is Cc1cc(-c2nc(C3CCCCC3C)n(CC(=O)N3CCC4=C(CC3)SC(C)(N)N4)n2)ccc1F. The highest BCUT2D eigenvalue weighted by molar-refractivity contribution is 8.04. The molecule has 3 unspecified atom stereocenters. The van der Waals surface area contributed by atoms with Gasteiger partial charge in [0.05, 0.1) is 0 Å². The van der Waals surface area contributed by atoms with Gasteiger partial charge in [-0.15, -0.1) is 0 Å². The number of halogens is 1. The van der Waals surface area contributed by atoms with Crippen molar-refractivity contribution in [2.75, 3.05) is 13.1 Å². The molecule has 3 aliphatic rings. The van der Waals surface area contributed by atoms with E-state index in [1.165, 1.54) is 23.1 Å². The number of amides is 1. The smallest absolute Gasteiger partial charge is 0.244 e. The summed E-state index contributed by atoms with van der Waals surface area (Å²) in [4.78, 5) is 21.1. The molecule has 0 radical (unpaired) electrons. The fourth-order valence-electron chi connectivity index (χ4n) is 5.54. The van der Waals surface area contributed by atoms with E-state index in [4.69, 9.17) is 15.8 Å². The molecule has 188 valence electrons. The fourth-order valence-corrected chi connectivity index (χ4v) is 6.70. The summed E-state index contributed by atoms with van der Waals surface area (Å²) in [5.41, 5.74) is 8.75. The van der Waals surface area contributed by atoms with Crippen molar-refractivity contribution in [2.24, 2.45) is 11.7 Å². The summed E-state index contributed by atoms with van der Waals surface area (Å²) in [6.45, 7) is 7.50. The van der Waals surface area contributed by atoms with Crippen molar-refractivity contribution in [3.05, 3.63) is 46.0 Å². The summed E-state index contributed by atoms with van der Waals surface area (Å²) in [6, 6.07) is 4.96. The van der Waals surface area contributed by atoms with Gasteiger partial charge in [0, 0.05) is 41.6 Å². The molecule has 3 atom stereocenters. The maximum Gasteiger partial charge on any atom is 0.244 e. The molecule has 2 aromatic rings. The molecule has 3 heterocycles. The summed E-state index contributed by atoms with van der Waals surface area (Å²) in [5.74, 6) is 2.03. The highest BCUT2D eigenvalue weighted by Gasteiger charge is 2.34. The number of nitrogens with zero attached hydrogens (tertiary/aromatic N) is 4. The third kappa shape index (κ3) is 5.11. The first-order valence-corrected chi connectivity index (χ1v) is 13.5. The summed E-state index contributed by atoms with van der Waals surface area (Å²) >= 11 is 1.66. The number of carbonyl (C=O) groups excluding carboxylic acids is 1. The average molecular weight is 499 g/mol. The number of thioether (sulfide) groups is 1. The van der Waals surface area contributed by atoms with Gasteiger partial charge in [-0.25, -0.2) is 14.1 Å². The van der Waals surface area contributed by atoms with Gasteiger partial charge in [0.2, 0.25) is 5.91 Å². The van der Waals surface area contributed by atoms with Crippen LogP contribution in [-0.2, 0) is 11.3 Å². The summed E-state index contributed by atoms with van der Waals surface area (Å²) in [6.07, 6.45) is 6.20. The molecule has 3 N–H and O–H groups in total. The standard InChI is InChI=1S/C26H35FN6OS/c1-16-6-4-5-7-19(16)25-29-24(18-8-9-20(27)17(2)14-18)31-33(25)15-23(34)32-12-10-21-22(11-13-32)35-26(3,28)30-21/h8-9,14,16,19,30H,4-7,10-13,15,28H2,1-3H3. The molecule has 0 spiro atoms. The maximum atomic E-state index is 13.9. The van der Waals surface area contributed by atoms with E-state index in [0.29, 0.717) is 30.4 Å². The van der Waals surface area contributed by atoms with Crippen LogP contribution < -0.4 is 11.1 Å². The van der Waals surface area contributed by atoms with Crippen molar-refractivity contribution >= 4 is 17.7 Å². The highest BCUT2D eigenvalue weighted by atomic mass is 32.2. The van der Waals surface area contributed by atoms with E-state index in [0.717, 1.165) is 43.5 Å². The molecule has 1 saturated carbocycles. The molecule has 1 aliphatic carbocycles. The molecule has 1 amide bonds. The molecule has 5 rings (SSSR count). The van der Waals surface area contributed by atoms with E-state index in [-0.39, 0.29) is 24.2 Å². The summed E-state index contributed by atoms with van der Waals surface area (Å²) < 4.78 is 15.7. The van der Waals surface area contributed by atoms with Crippen molar-refractivity contribution in [3.8, 4) is 11.4 Å². The minimum Gasteiger partial charge on any atom is -0.362 e. The van der Waals surface area contributed by atoms with Gasteiger partial charge in [0.15, 0.2) is 5.82 Å². The van der Waals surface area contributed by atoms with Crippen LogP contribution >= 0.6 is 11.8 Å². The molecule has 0 saturated heterocycles. The Hall–Kier alpha value is -2.39. The fraction of sp³-hybridized carbons (Fsp3) is 0.577. The molecule has 0 bridgehead atoms. The second-order valence-electron chi connectivity index (χ2n) is 10.4. The Balaban J connectivity index is 1.37. The number of rotatable bonds is 4. The van der Waals surface area contributed by atoms with Gasteiger partial charge in [-0.1, -0.05) is 37.9 Å². The van der Waals surface area contributed by atoms with Gasteiger partial charge in [0.25, 0.3) is 0 Å². The number of nitrogens with one attached hydrogen (secondary N) is 1. The molecule has 9 heteroatoms. The van der Waals surface area contributed by atoms with E-state index in [1.54, 1.807) is 30.8 Å². The lowest BCUT2D eigenvalue weighted by Gasteiger charge is -2.28. The van der Waals surface area contributed by atoms with Gasteiger partial charge in [0.1, 0.15) is 23.2 Å². The zero-order chi connectivity index (χ0) is 24.7. The predicted octanol–water partition coefficient (Wildman–Crippen LogP) is 4.49. The number of benzene rings is 1. The monoisotopic (exact) mass is 498 g/mol. The Kier molecular flexibility index (Phi) is 6.65. The third-order valence-corrected chi connectivity index (χ3v) is 8.73. The molecular formula is C26H35FN6OS. The molecule has 1 aromatic heterocycles. The molecule has 35 heavy (non-hydrogen) atoms. The number of aryl methyl sites for hydroxylation is 1. The summed E-state index contributed by atoms with van der Waals surface area (Å²) in [5, 5.41) is 8.18. The minimum atomic E-state index is -0.460. The predicted molar refractivity (Wildman–Crippen MR) is 137 cm³/mol. The number of hydrogen-bond donors (Lipinski definition) is 2. The first kappa shape index (κ1) is 24.3. The summed E-state index contributed by atoms with van der Waals surface area (Å²) in [7, 11) is 0. The van der Waals surface area contributed by atoms with Crippen LogP contribution in [0.2, 0.25) is 0 Å². The van der Waals surface area contributed by atoms with Crippen molar-refractivity contribution in [3.63, 3.8) is 0 Å². The first-order valence-electron chi connectivity index (χ1n) is 12.7. The van der Waals surface area contributed by atoms with Crippen molar-refractivity contribution < 1.29 is 9.18 Å². The van der Waals surface area contributed by atoms with Crippen LogP contribution in [0.1, 0.15) is 69.7 Å². The number of carbonyl (C=O) groups is 1. The van der Waals surface area contributed by atoms with Crippen LogP contribution in [0.5, 0.6) is 0 Å². The Labute approximate surface area is 210 Å². The van der Waals surface area contributed by atoms with E-state index in [1.807, 2.05) is 16.5 Å². The zero-order valence-corrected chi connectivity index (χ0v) is 21.6. The van der Waals surface area contributed by atoms with Gasteiger partial charge in [-0.2, -0.15) is 5.10 Å². The van der Waals surface area contributed by atoms with Crippen molar-refractivity contribution in [2.45, 2.75) is 76.8 Å². The van der Waals surface area contributed by atoms with Crippen LogP contribution in [0.4, 0.5) is 4.39 Å². The van der Waals surface area contributed by atoms with Crippen LogP contribution in [0, 0.1) is 18.7 Å². The molecule has 2 aliphatic heterocycles. The third-order valence-electron chi connectivity index (χ3n) is 7.51. The lowest BCUT2D eigenvalue weighted by atomic mass is 9.80. The normalized spacial score (nSPS) is 26.9. The van der Waals surface area contributed by atoms with E-state index < -0.39 is 4.99 Å². The maximum absolute atomic E-state index is 13.9. The number of aromatic nitrogens is 3. The van der Waals surface area contributed by atoms with Gasteiger partial charge in [-0.05, 0) is 56.4 Å². The topological polar surface area (TPSA) is 89.1 Å². The van der Waals surface area contributed by atoms with E-state index >= 15 is 0 Å². The lowest BCUT2D eigenvalue weighted by molar-refractivity contribution is -0.132. The second kappa shape index (κ2) is 9.58. The van der Waals surface area contributed by atoms with Crippen LogP contribution in [-0.4, -0.2) is 43.7 Å². The lowest BCUT2D eigenvalue weighted by Crippen LogP contribution is -2.44. The molecule has 1 aromatic carbocycles. The average Bonchev–Trinajstić information content (AvgIpc) is 3.29. The number of hydrogen-bond acceptors (Lipinski definition) is 6. The number of nitrogens with two attached hydrogens (primary N) is 1. The van der Waals surface area contributed by atoms with Crippen molar-refractivity contribution in [1.29, 1.82) is 0 Å². The van der Waals surface area contributed by atoms with Crippen molar-refractivity contribution in [1.82, 2.24) is 25.0 Å². The second-order valence-corrected chi connectivity index (χ2v) is 11.9. The quantitative estimate of drug-likeness (QED) is 0.646. The molecule has 7 nitrogen and oxygen atoms in total. The van der Waals surface area contributed by atoms with Crippen LogP contribution in [0.25, 0.3) is 11.4 Å². The minimum absolute atomic E-state index is 0.0585. The van der Waals surface area contributed by atoms with E-state index in [9.17, 15) is 9.18 Å². The largest absolute Gasteiger partial charge is 0.362 e. The molecular weight excluding hydrogens is 463 g/mol. The van der Waals surface area contributed by atoms with E-state index in [2.05, 4.69) is 12.2 Å². The van der Waals surface area contributed by atoms with Gasteiger partial charge in [-0.3, -0.25) is 4.79 Å².